The summed E-state index contributed by atoms with van der Waals surface area (Å²) in [5, 5.41) is 16.9. The maximum atomic E-state index is 10.9. The van der Waals surface area contributed by atoms with Crippen LogP contribution < -0.4 is 5.11 Å². The number of hydrogen-bond donors (Lipinski definition) is 0. The lowest BCUT2D eigenvalue weighted by Gasteiger charge is -2.02. The lowest BCUT2D eigenvalue weighted by molar-refractivity contribution is -0.254. The highest BCUT2D eigenvalue weighted by molar-refractivity contribution is 7.13. The Kier molecular flexibility index (Phi) is 2.15. The van der Waals surface area contributed by atoms with E-state index in [1.54, 1.807) is 23.6 Å². The molecular weight excluding hydrogens is 238 g/mol. The maximum absolute atomic E-state index is 10.9. The van der Waals surface area contributed by atoms with E-state index in [2.05, 4.69) is 10.1 Å². The fourth-order valence-corrected chi connectivity index (χ4v) is 2.38. The number of carboxylic acid groups (broad SMARTS) is 1. The molecule has 0 bridgehead atoms. The Morgan fingerprint density at radius 1 is 1.41 bits per heavy atom. The Balaban J connectivity index is 2.32. The third kappa shape index (κ3) is 1.50. The molecule has 0 spiro atoms. The highest BCUT2D eigenvalue weighted by atomic mass is 32.1. The van der Waals surface area contributed by atoms with Crippen LogP contribution in [0.1, 0.15) is 10.4 Å². The molecule has 6 heteroatoms. The van der Waals surface area contributed by atoms with Crippen LogP contribution in [0.15, 0.2) is 36.0 Å². The normalized spacial score (nSPS) is 10.8. The number of fused-ring (bicyclic) bond motifs is 1. The van der Waals surface area contributed by atoms with Gasteiger partial charge in [0, 0.05) is 6.20 Å². The second-order valence-corrected chi connectivity index (χ2v) is 4.34. The zero-order valence-electron chi connectivity index (χ0n) is 8.53. The predicted molar refractivity (Wildman–Crippen MR) is 60.6 cm³/mol. The monoisotopic (exact) mass is 244 g/mol. The summed E-state index contributed by atoms with van der Waals surface area (Å²) in [5.74, 6) is -1.27. The lowest BCUT2D eigenvalue weighted by atomic mass is 10.3. The van der Waals surface area contributed by atoms with Crippen molar-refractivity contribution in [3.8, 4) is 10.6 Å². The SMILES string of the molecule is O=C([O-])c1cnn2c(-c3cccs3)ccnc12. The zero-order valence-corrected chi connectivity index (χ0v) is 9.35. The number of aromatic carboxylic acids is 1. The number of rotatable bonds is 2. The molecule has 0 aliphatic carbocycles. The summed E-state index contributed by atoms with van der Waals surface area (Å²) in [5.41, 5.74) is 1.12. The highest BCUT2D eigenvalue weighted by Crippen LogP contribution is 2.24. The van der Waals surface area contributed by atoms with Gasteiger partial charge in [-0.25, -0.2) is 9.50 Å². The van der Waals surface area contributed by atoms with Crippen LogP contribution >= 0.6 is 11.3 Å². The average Bonchev–Trinajstić information content (AvgIpc) is 2.97. The third-order valence-electron chi connectivity index (χ3n) is 2.39. The zero-order chi connectivity index (χ0) is 11.8. The van der Waals surface area contributed by atoms with E-state index in [1.807, 2.05) is 17.5 Å². The smallest absolute Gasteiger partial charge is 0.164 e. The molecule has 0 saturated carbocycles. The van der Waals surface area contributed by atoms with Gasteiger partial charge in [0.15, 0.2) is 5.65 Å². The number of carbonyl (C=O) groups excluding carboxylic acids is 1. The second kappa shape index (κ2) is 3.67. The minimum atomic E-state index is -1.27. The second-order valence-electron chi connectivity index (χ2n) is 3.39. The van der Waals surface area contributed by atoms with Crippen molar-refractivity contribution in [3.63, 3.8) is 0 Å². The Labute approximate surface area is 100.0 Å². The molecule has 0 aromatic carbocycles. The summed E-state index contributed by atoms with van der Waals surface area (Å²) in [6.45, 7) is 0. The Bertz CT molecular complexity index is 688. The molecule has 3 rings (SSSR count). The van der Waals surface area contributed by atoms with Gasteiger partial charge < -0.3 is 9.90 Å². The van der Waals surface area contributed by atoms with Crippen LogP contribution in [-0.4, -0.2) is 20.6 Å². The van der Waals surface area contributed by atoms with Gasteiger partial charge in [0.25, 0.3) is 0 Å². The quantitative estimate of drug-likeness (QED) is 0.669. The Hall–Kier alpha value is -2.21. The number of carbonyl (C=O) groups is 1. The van der Waals surface area contributed by atoms with Crippen molar-refractivity contribution in [2.45, 2.75) is 0 Å². The molecule has 3 aromatic heterocycles. The van der Waals surface area contributed by atoms with Crippen molar-refractivity contribution in [2.75, 3.05) is 0 Å². The molecule has 0 N–H and O–H groups in total. The van der Waals surface area contributed by atoms with Gasteiger partial charge in [-0.05, 0) is 17.5 Å². The summed E-state index contributed by atoms with van der Waals surface area (Å²) in [6.07, 6.45) is 2.83. The fourth-order valence-electron chi connectivity index (χ4n) is 1.65. The van der Waals surface area contributed by atoms with Gasteiger partial charge in [-0.2, -0.15) is 5.10 Å². The summed E-state index contributed by atoms with van der Waals surface area (Å²) < 4.78 is 1.51. The molecular formula is C11H6N3O2S-. The summed E-state index contributed by atoms with van der Waals surface area (Å²) in [4.78, 5) is 15.9. The lowest BCUT2D eigenvalue weighted by Crippen LogP contribution is -2.22. The largest absolute Gasteiger partial charge is 0.545 e. The topological polar surface area (TPSA) is 70.3 Å². The number of carboxylic acids is 1. The van der Waals surface area contributed by atoms with Gasteiger partial charge in [0.05, 0.1) is 28.3 Å². The molecule has 0 fully saturated rings. The van der Waals surface area contributed by atoms with Crippen molar-refractivity contribution in [1.82, 2.24) is 14.6 Å². The standard InChI is InChI=1S/C11H7N3O2S/c15-11(16)7-6-13-14-8(3-4-12-10(7)14)9-2-1-5-17-9/h1-6H,(H,15,16)/p-1. The van der Waals surface area contributed by atoms with Crippen molar-refractivity contribution < 1.29 is 9.90 Å². The van der Waals surface area contributed by atoms with Crippen LogP contribution in [0.2, 0.25) is 0 Å². The van der Waals surface area contributed by atoms with Crippen molar-refractivity contribution in [3.05, 3.63) is 41.5 Å². The minimum Gasteiger partial charge on any atom is -0.545 e. The average molecular weight is 244 g/mol. The van der Waals surface area contributed by atoms with E-state index in [9.17, 15) is 9.90 Å². The number of thiophene rings is 1. The molecule has 5 nitrogen and oxygen atoms in total. The van der Waals surface area contributed by atoms with Crippen molar-refractivity contribution in [1.29, 1.82) is 0 Å². The fraction of sp³-hybridized carbons (Fsp3) is 0. The molecule has 0 atom stereocenters. The van der Waals surface area contributed by atoms with E-state index in [0.717, 1.165) is 10.6 Å². The first kappa shape index (κ1) is 9.98. The first-order chi connectivity index (χ1) is 8.27. The molecule has 0 aliphatic heterocycles. The number of hydrogen-bond acceptors (Lipinski definition) is 5. The van der Waals surface area contributed by atoms with Crippen LogP contribution in [0.5, 0.6) is 0 Å². The van der Waals surface area contributed by atoms with Crippen molar-refractivity contribution >= 4 is 23.0 Å². The third-order valence-corrected chi connectivity index (χ3v) is 3.29. The van der Waals surface area contributed by atoms with E-state index in [0.29, 0.717) is 5.65 Å². The Morgan fingerprint density at radius 2 is 2.29 bits per heavy atom. The molecule has 3 heterocycles. The molecule has 0 amide bonds. The van der Waals surface area contributed by atoms with Gasteiger partial charge in [0.1, 0.15) is 0 Å². The van der Waals surface area contributed by atoms with E-state index in [1.165, 1.54) is 10.7 Å². The van der Waals surface area contributed by atoms with E-state index in [4.69, 9.17) is 0 Å². The number of aromatic nitrogens is 3. The van der Waals surface area contributed by atoms with Crippen LogP contribution in [0.3, 0.4) is 0 Å². The molecule has 84 valence electrons. The van der Waals surface area contributed by atoms with Gasteiger partial charge in [-0.3, -0.25) is 0 Å². The van der Waals surface area contributed by atoms with Gasteiger partial charge in [-0.15, -0.1) is 11.3 Å². The molecule has 3 aromatic rings. The van der Waals surface area contributed by atoms with Crippen molar-refractivity contribution in [2.24, 2.45) is 0 Å². The predicted octanol–water partition coefficient (Wildman–Crippen LogP) is 0.821. The van der Waals surface area contributed by atoms with Crippen LogP contribution in [0, 0.1) is 0 Å². The van der Waals surface area contributed by atoms with Crippen LogP contribution in [0.4, 0.5) is 0 Å². The van der Waals surface area contributed by atoms with Crippen LogP contribution in [0.25, 0.3) is 16.2 Å². The van der Waals surface area contributed by atoms with E-state index < -0.39 is 5.97 Å². The molecule has 17 heavy (non-hydrogen) atoms. The first-order valence-corrected chi connectivity index (χ1v) is 5.73. The van der Waals surface area contributed by atoms with Gasteiger partial charge >= 0.3 is 0 Å². The van der Waals surface area contributed by atoms with Gasteiger partial charge in [0.2, 0.25) is 0 Å². The molecule has 0 saturated heterocycles. The Morgan fingerprint density at radius 3 is 3.00 bits per heavy atom. The van der Waals surface area contributed by atoms with E-state index >= 15 is 0 Å². The summed E-state index contributed by atoms with van der Waals surface area (Å²) >= 11 is 1.56. The first-order valence-electron chi connectivity index (χ1n) is 4.85. The summed E-state index contributed by atoms with van der Waals surface area (Å²) in [6, 6.07) is 5.67. The maximum Gasteiger partial charge on any atom is 0.164 e. The molecule has 0 unspecified atom stereocenters. The van der Waals surface area contributed by atoms with Gasteiger partial charge in [-0.1, -0.05) is 6.07 Å². The number of nitrogens with zero attached hydrogens (tertiary/aromatic N) is 3. The summed E-state index contributed by atoms with van der Waals surface area (Å²) in [7, 11) is 0. The van der Waals surface area contributed by atoms with E-state index in [-0.39, 0.29) is 5.56 Å². The molecule has 0 aliphatic rings. The molecule has 0 radical (unpaired) electrons. The highest BCUT2D eigenvalue weighted by Gasteiger charge is 2.10. The minimum absolute atomic E-state index is 0.00315. The van der Waals surface area contributed by atoms with Crippen LogP contribution in [-0.2, 0) is 0 Å².